The van der Waals surface area contributed by atoms with Crippen LogP contribution in [-0.4, -0.2) is 41.1 Å². The average Bonchev–Trinajstić information content (AvgIpc) is 2.73. The molecule has 1 fully saturated rings. The SMILES string of the molecule is Nc1nc(NCc2ccccc2)cc(N2CCN(c3ccccn3)CC2)n1. The van der Waals surface area contributed by atoms with Gasteiger partial charge in [-0.15, -0.1) is 0 Å². The number of nitrogens with zero attached hydrogens (tertiary/aromatic N) is 5. The molecule has 0 unspecified atom stereocenters. The van der Waals surface area contributed by atoms with E-state index in [1.165, 1.54) is 5.56 Å². The van der Waals surface area contributed by atoms with E-state index in [-0.39, 0.29) is 5.95 Å². The number of benzene rings is 1. The van der Waals surface area contributed by atoms with Crippen LogP contribution in [0.5, 0.6) is 0 Å². The summed E-state index contributed by atoms with van der Waals surface area (Å²) in [5.74, 6) is 2.91. The minimum Gasteiger partial charge on any atom is -0.368 e. The third-order valence-corrected chi connectivity index (χ3v) is 4.62. The molecule has 138 valence electrons. The van der Waals surface area contributed by atoms with E-state index in [1.807, 2.05) is 48.7 Å². The van der Waals surface area contributed by atoms with Gasteiger partial charge < -0.3 is 20.9 Å². The number of nitrogen functional groups attached to an aromatic ring is 1. The van der Waals surface area contributed by atoms with Crippen LogP contribution in [0.1, 0.15) is 5.56 Å². The molecular formula is C20H23N7. The van der Waals surface area contributed by atoms with Gasteiger partial charge in [0.25, 0.3) is 0 Å². The topological polar surface area (TPSA) is 83.2 Å². The van der Waals surface area contributed by atoms with Crippen LogP contribution in [0, 0.1) is 0 Å². The van der Waals surface area contributed by atoms with Crippen molar-refractivity contribution in [2.24, 2.45) is 0 Å². The Morgan fingerprint density at radius 1 is 0.852 bits per heavy atom. The van der Waals surface area contributed by atoms with Crippen LogP contribution >= 0.6 is 0 Å². The van der Waals surface area contributed by atoms with Crippen molar-refractivity contribution in [1.82, 2.24) is 15.0 Å². The van der Waals surface area contributed by atoms with Gasteiger partial charge in [-0.3, -0.25) is 0 Å². The van der Waals surface area contributed by atoms with E-state index >= 15 is 0 Å². The normalized spacial score (nSPS) is 14.2. The minimum atomic E-state index is 0.287. The monoisotopic (exact) mass is 361 g/mol. The Morgan fingerprint density at radius 3 is 2.26 bits per heavy atom. The highest BCUT2D eigenvalue weighted by Gasteiger charge is 2.19. The lowest BCUT2D eigenvalue weighted by molar-refractivity contribution is 0.641. The molecule has 0 radical (unpaired) electrons. The van der Waals surface area contributed by atoms with Gasteiger partial charge >= 0.3 is 0 Å². The van der Waals surface area contributed by atoms with Crippen LogP contribution in [0.2, 0.25) is 0 Å². The summed E-state index contributed by atoms with van der Waals surface area (Å²) in [5, 5.41) is 3.34. The van der Waals surface area contributed by atoms with Crippen molar-refractivity contribution in [3.8, 4) is 0 Å². The maximum atomic E-state index is 5.94. The Kier molecular flexibility index (Phi) is 5.00. The number of aromatic nitrogens is 3. The number of anilines is 4. The number of rotatable bonds is 5. The lowest BCUT2D eigenvalue weighted by Crippen LogP contribution is -2.47. The molecule has 0 spiro atoms. The lowest BCUT2D eigenvalue weighted by Gasteiger charge is -2.36. The molecule has 7 nitrogen and oxygen atoms in total. The molecule has 0 saturated carbocycles. The van der Waals surface area contributed by atoms with E-state index in [0.29, 0.717) is 6.54 Å². The largest absolute Gasteiger partial charge is 0.368 e. The first-order chi connectivity index (χ1) is 13.3. The predicted octanol–water partition coefficient (Wildman–Crippen LogP) is 2.39. The zero-order valence-electron chi connectivity index (χ0n) is 15.1. The van der Waals surface area contributed by atoms with Crippen molar-refractivity contribution in [3.63, 3.8) is 0 Å². The molecule has 4 rings (SSSR count). The highest BCUT2D eigenvalue weighted by molar-refractivity contribution is 5.54. The van der Waals surface area contributed by atoms with Crippen LogP contribution in [0.3, 0.4) is 0 Å². The standard InChI is InChI=1S/C20H23N7/c21-20-24-17(23-15-16-6-2-1-3-7-16)14-19(25-20)27-12-10-26(11-13-27)18-8-4-5-9-22-18/h1-9,14H,10-13,15H2,(H3,21,23,24,25). The van der Waals surface area contributed by atoms with Crippen molar-refractivity contribution in [3.05, 3.63) is 66.4 Å². The smallest absolute Gasteiger partial charge is 0.223 e. The van der Waals surface area contributed by atoms with Crippen LogP contribution in [0.25, 0.3) is 0 Å². The summed E-state index contributed by atoms with van der Waals surface area (Å²) in [7, 11) is 0. The number of nitrogens with two attached hydrogens (primary N) is 1. The Balaban J connectivity index is 1.41. The summed E-state index contributed by atoms with van der Waals surface area (Å²) in [4.78, 5) is 17.7. The summed E-state index contributed by atoms with van der Waals surface area (Å²) in [5.41, 5.74) is 7.14. The first-order valence-electron chi connectivity index (χ1n) is 9.11. The van der Waals surface area contributed by atoms with Gasteiger partial charge in [-0.2, -0.15) is 9.97 Å². The fourth-order valence-electron chi connectivity index (χ4n) is 3.20. The fraction of sp³-hybridized carbons (Fsp3) is 0.250. The quantitative estimate of drug-likeness (QED) is 0.722. The Hall–Kier alpha value is -3.35. The number of pyridine rings is 1. The molecule has 27 heavy (non-hydrogen) atoms. The second-order valence-corrected chi connectivity index (χ2v) is 6.47. The zero-order valence-corrected chi connectivity index (χ0v) is 15.1. The van der Waals surface area contributed by atoms with Crippen molar-refractivity contribution in [2.45, 2.75) is 6.54 Å². The van der Waals surface area contributed by atoms with E-state index in [0.717, 1.165) is 43.6 Å². The fourth-order valence-corrected chi connectivity index (χ4v) is 3.20. The first kappa shape index (κ1) is 17.1. The van der Waals surface area contributed by atoms with Crippen molar-refractivity contribution >= 4 is 23.4 Å². The molecule has 0 atom stereocenters. The highest BCUT2D eigenvalue weighted by Crippen LogP contribution is 2.21. The van der Waals surface area contributed by atoms with Crippen LogP contribution < -0.4 is 20.9 Å². The van der Waals surface area contributed by atoms with E-state index in [1.54, 1.807) is 0 Å². The maximum Gasteiger partial charge on any atom is 0.223 e. The molecule has 2 aromatic heterocycles. The second-order valence-electron chi connectivity index (χ2n) is 6.47. The van der Waals surface area contributed by atoms with Gasteiger partial charge in [-0.05, 0) is 17.7 Å². The molecule has 3 heterocycles. The van der Waals surface area contributed by atoms with Gasteiger partial charge in [0.2, 0.25) is 5.95 Å². The number of nitrogens with one attached hydrogen (secondary N) is 1. The molecule has 0 aliphatic carbocycles. The van der Waals surface area contributed by atoms with E-state index in [9.17, 15) is 0 Å². The van der Waals surface area contributed by atoms with Crippen molar-refractivity contribution in [1.29, 1.82) is 0 Å². The van der Waals surface area contributed by atoms with E-state index < -0.39 is 0 Å². The zero-order chi connectivity index (χ0) is 18.5. The van der Waals surface area contributed by atoms with E-state index in [2.05, 4.69) is 42.2 Å². The first-order valence-corrected chi connectivity index (χ1v) is 9.11. The molecule has 1 aliphatic heterocycles. The lowest BCUT2D eigenvalue weighted by atomic mass is 10.2. The summed E-state index contributed by atoms with van der Waals surface area (Å²) < 4.78 is 0. The second kappa shape index (κ2) is 7.90. The minimum absolute atomic E-state index is 0.287. The van der Waals surface area contributed by atoms with Gasteiger partial charge in [0.15, 0.2) is 0 Å². The van der Waals surface area contributed by atoms with Gasteiger partial charge in [0.1, 0.15) is 17.5 Å². The van der Waals surface area contributed by atoms with Crippen molar-refractivity contribution in [2.75, 3.05) is 47.0 Å². The van der Waals surface area contributed by atoms with Gasteiger partial charge in [-0.1, -0.05) is 36.4 Å². The molecule has 3 aromatic rings. The van der Waals surface area contributed by atoms with Crippen LogP contribution in [-0.2, 0) is 6.54 Å². The third kappa shape index (κ3) is 4.25. The number of piperazine rings is 1. The molecule has 7 heteroatoms. The molecule has 1 aliphatic rings. The van der Waals surface area contributed by atoms with Gasteiger partial charge in [0, 0.05) is 45.0 Å². The Labute approximate surface area is 158 Å². The Bertz CT molecular complexity index is 862. The van der Waals surface area contributed by atoms with Crippen LogP contribution in [0.4, 0.5) is 23.4 Å². The maximum absolute atomic E-state index is 5.94. The van der Waals surface area contributed by atoms with Gasteiger partial charge in [0.05, 0.1) is 0 Å². The predicted molar refractivity (Wildman–Crippen MR) is 109 cm³/mol. The summed E-state index contributed by atoms with van der Waals surface area (Å²) >= 11 is 0. The summed E-state index contributed by atoms with van der Waals surface area (Å²) in [6.07, 6.45) is 1.83. The number of hydrogen-bond donors (Lipinski definition) is 2. The summed E-state index contributed by atoms with van der Waals surface area (Å²) in [6, 6.07) is 18.2. The third-order valence-electron chi connectivity index (χ3n) is 4.62. The Morgan fingerprint density at radius 2 is 1.56 bits per heavy atom. The molecular weight excluding hydrogens is 338 g/mol. The molecule has 0 amide bonds. The average molecular weight is 361 g/mol. The van der Waals surface area contributed by atoms with Gasteiger partial charge in [-0.25, -0.2) is 4.98 Å². The highest BCUT2D eigenvalue weighted by atomic mass is 15.3. The molecule has 0 bridgehead atoms. The van der Waals surface area contributed by atoms with Crippen LogP contribution in [0.15, 0.2) is 60.8 Å². The molecule has 1 aromatic carbocycles. The van der Waals surface area contributed by atoms with Crippen molar-refractivity contribution < 1.29 is 0 Å². The van der Waals surface area contributed by atoms with E-state index in [4.69, 9.17) is 5.73 Å². The number of hydrogen-bond acceptors (Lipinski definition) is 7. The molecule has 1 saturated heterocycles. The molecule has 3 N–H and O–H groups in total. The summed E-state index contributed by atoms with van der Waals surface area (Å²) in [6.45, 7) is 4.22.